The van der Waals surface area contributed by atoms with Gasteiger partial charge in [0.2, 0.25) is 0 Å². The highest BCUT2D eigenvalue weighted by Gasteiger charge is 2.37. The molecule has 0 fully saturated rings. The third-order valence-electron chi connectivity index (χ3n) is 3.65. The third kappa shape index (κ3) is 4.01. The fourth-order valence-corrected chi connectivity index (χ4v) is 3.06. The zero-order valence-corrected chi connectivity index (χ0v) is 15.3. The summed E-state index contributed by atoms with van der Waals surface area (Å²) in [5.41, 5.74) is 9.41. The zero-order valence-electron chi connectivity index (χ0n) is 14.5. The largest absolute Gasteiger partial charge is 0.591 e. The van der Waals surface area contributed by atoms with Crippen molar-refractivity contribution in [3.63, 3.8) is 0 Å². The van der Waals surface area contributed by atoms with Gasteiger partial charge >= 0.3 is 0 Å². The van der Waals surface area contributed by atoms with Crippen molar-refractivity contribution in [1.29, 1.82) is 0 Å². The van der Waals surface area contributed by atoms with Gasteiger partial charge in [0.1, 0.15) is 33.3 Å². The second kappa shape index (κ2) is 6.63. The Morgan fingerprint density at radius 3 is 2.75 bits per heavy atom. The molecule has 8 heteroatoms. The minimum absolute atomic E-state index is 0.142. The van der Waals surface area contributed by atoms with E-state index in [2.05, 4.69) is 14.4 Å². The van der Waals surface area contributed by atoms with Crippen molar-refractivity contribution in [2.24, 2.45) is 9.51 Å². The molecule has 1 aromatic rings. The number of fused-ring (bicyclic) bond motifs is 1. The van der Waals surface area contributed by atoms with Gasteiger partial charge in [0.25, 0.3) is 0 Å². The van der Waals surface area contributed by atoms with Gasteiger partial charge in [-0.3, -0.25) is 0 Å². The lowest BCUT2D eigenvalue weighted by molar-refractivity contribution is 0.125. The maximum Gasteiger partial charge on any atom is 0.144 e. The van der Waals surface area contributed by atoms with Crippen LogP contribution in [0.2, 0.25) is 0 Å². The highest BCUT2D eigenvalue weighted by atomic mass is 32.2. The lowest BCUT2D eigenvalue weighted by atomic mass is 9.98. The number of benzene rings is 1. The lowest BCUT2D eigenvalue weighted by Gasteiger charge is -2.22. The SMILES string of the molecule is CC(=N[S+]([O-])C(C)(C)C)c1cc(F)cc2c1O[C@@](C)(CN=[N+]=[N-])C2. The van der Waals surface area contributed by atoms with Crippen LogP contribution in [0.3, 0.4) is 0 Å². The topological polar surface area (TPSA) is 93.4 Å². The molecule has 1 aromatic carbocycles. The summed E-state index contributed by atoms with van der Waals surface area (Å²) in [7, 11) is 0. The first-order valence-corrected chi connectivity index (χ1v) is 8.66. The van der Waals surface area contributed by atoms with Gasteiger partial charge in [-0.05, 0) is 52.3 Å². The van der Waals surface area contributed by atoms with Crippen LogP contribution in [0.25, 0.3) is 10.4 Å². The molecule has 1 heterocycles. The molecule has 0 bridgehead atoms. The van der Waals surface area contributed by atoms with Crippen molar-refractivity contribution in [2.45, 2.75) is 51.4 Å². The van der Waals surface area contributed by atoms with Crippen LogP contribution in [-0.2, 0) is 17.8 Å². The quantitative estimate of drug-likeness (QED) is 0.268. The first-order valence-electron chi connectivity index (χ1n) is 7.56. The van der Waals surface area contributed by atoms with Crippen LogP contribution in [0.1, 0.15) is 45.7 Å². The number of azide groups is 1. The van der Waals surface area contributed by atoms with Crippen molar-refractivity contribution in [3.05, 3.63) is 39.5 Å². The Kier molecular flexibility index (Phi) is 5.13. The van der Waals surface area contributed by atoms with E-state index in [4.69, 9.17) is 10.3 Å². The molecule has 0 saturated carbocycles. The Morgan fingerprint density at radius 1 is 1.50 bits per heavy atom. The maximum atomic E-state index is 14.0. The highest BCUT2D eigenvalue weighted by Crippen LogP contribution is 2.39. The molecule has 2 rings (SSSR count). The molecule has 1 aliphatic heterocycles. The predicted octanol–water partition coefficient (Wildman–Crippen LogP) is 4.10. The molecular weight excluding hydrogens is 331 g/mol. The average Bonchev–Trinajstić information content (AvgIpc) is 2.79. The van der Waals surface area contributed by atoms with Crippen molar-refractivity contribution in [3.8, 4) is 5.75 Å². The summed E-state index contributed by atoms with van der Waals surface area (Å²) in [5, 5.41) is 3.57. The smallest absolute Gasteiger partial charge is 0.144 e. The van der Waals surface area contributed by atoms with E-state index in [1.807, 2.05) is 27.7 Å². The molecule has 0 N–H and O–H groups in total. The van der Waals surface area contributed by atoms with E-state index in [9.17, 15) is 8.94 Å². The lowest BCUT2D eigenvalue weighted by Crippen LogP contribution is -2.33. The molecule has 1 aliphatic rings. The summed E-state index contributed by atoms with van der Waals surface area (Å²) < 4.78 is 35.9. The highest BCUT2D eigenvalue weighted by molar-refractivity contribution is 7.91. The number of hydrogen-bond donors (Lipinski definition) is 0. The maximum absolute atomic E-state index is 14.0. The first kappa shape index (κ1) is 18.6. The minimum Gasteiger partial charge on any atom is -0.591 e. The molecule has 6 nitrogen and oxygen atoms in total. The molecule has 0 aromatic heterocycles. The van der Waals surface area contributed by atoms with Crippen LogP contribution >= 0.6 is 0 Å². The van der Waals surface area contributed by atoms with Crippen molar-refractivity contribution in [2.75, 3.05) is 6.54 Å². The summed E-state index contributed by atoms with van der Waals surface area (Å²) >= 11 is -1.45. The van der Waals surface area contributed by atoms with E-state index in [0.29, 0.717) is 29.0 Å². The molecule has 0 saturated heterocycles. The fraction of sp³-hybridized carbons (Fsp3) is 0.562. The van der Waals surface area contributed by atoms with Gasteiger partial charge < -0.3 is 9.29 Å². The van der Waals surface area contributed by atoms with Gasteiger partial charge in [0.15, 0.2) is 0 Å². The van der Waals surface area contributed by atoms with E-state index in [1.54, 1.807) is 6.92 Å². The molecule has 0 radical (unpaired) electrons. The summed E-state index contributed by atoms with van der Waals surface area (Å²) in [5.74, 6) is 0.107. The molecule has 2 atom stereocenters. The molecule has 1 unspecified atom stereocenters. The van der Waals surface area contributed by atoms with E-state index < -0.39 is 27.5 Å². The van der Waals surface area contributed by atoms with Crippen molar-refractivity contribution < 1.29 is 13.7 Å². The monoisotopic (exact) mass is 352 g/mol. The standard InChI is InChI=1S/C16H21FN4O2S/c1-10(20-24(22)15(2,3)4)13-7-12(17)6-11-8-16(5,9-19-21-18)23-14(11)13/h6-7H,8-9H2,1-5H3/t16-,24?/m1/s1. The molecule has 0 spiro atoms. The van der Waals surface area contributed by atoms with E-state index in [1.165, 1.54) is 12.1 Å². The van der Waals surface area contributed by atoms with Crippen molar-refractivity contribution in [1.82, 2.24) is 0 Å². The van der Waals surface area contributed by atoms with Gasteiger partial charge in [-0.1, -0.05) is 9.51 Å². The number of rotatable bonds is 4. The normalized spacial score (nSPS) is 21.7. The number of hydrogen-bond acceptors (Lipinski definition) is 4. The van der Waals surface area contributed by atoms with Crippen LogP contribution in [-0.4, -0.2) is 27.2 Å². The van der Waals surface area contributed by atoms with Crippen LogP contribution in [0, 0.1) is 5.82 Å². The number of nitrogens with zero attached hydrogens (tertiary/aromatic N) is 4. The predicted molar refractivity (Wildman–Crippen MR) is 93.3 cm³/mol. The first-order chi connectivity index (χ1) is 11.1. The Hall–Kier alpha value is -1.76. The van der Waals surface area contributed by atoms with E-state index in [0.717, 1.165) is 0 Å². The van der Waals surface area contributed by atoms with Crippen LogP contribution in [0.5, 0.6) is 5.75 Å². The summed E-state index contributed by atoms with van der Waals surface area (Å²) in [6.07, 6.45) is 0.432. The van der Waals surface area contributed by atoms with Crippen LogP contribution < -0.4 is 4.74 Å². The second-order valence-corrected chi connectivity index (χ2v) is 9.00. The van der Waals surface area contributed by atoms with Crippen LogP contribution in [0.4, 0.5) is 4.39 Å². The van der Waals surface area contributed by atoms with Gasteiger partial charge in [0.05, 0.1) is 12.3 Å². The van der Waals surface area contributed by atoms with Crippen LogP contribution in [0.15, 0.2) is 21.6 Å². The molecule has 0 amide bonds. The second-order valence-electron chi connectivity index (χ2n) is 7.10. The fourth-order valence-electron chi connectivity index (χ4n) is 2.44. The number of ether oxygens (including phenoxy) is 1. The third-order valence-corrected chi connectivity index (χ3v) is 5.13. The number of halogens is 1. The Morgan fingerprint density at radius 2 is 2.17 bits per heavy atom. The Labute approximate surface area is 144 Å². The van der Waals surface area contributed by atoms with E-state index >= 15 is 0 Å². The van der Waals surface area contributed by atoms with Gasteiger partial charge in [-0.15, -0.1) is 0 Å². The summed E-state index contributed by atoms with van der Waals surface area (Å²) in [6.45, 7) is 9.10. The van der Waals surface area contributed by atoms with Gasteiger partial charge in [-0.25, -0.2) is 4.39 Å². The zero-order chi connectivity index (χ0) is 18.1. The van der Waals surface area contributed by atoms with E-state index in [-0.39, 0.29) is 6.54 Å². The van der Waals surface area contributed by atoms with Gasteiger partial charge in [-0.2, -0.15) is 0 Å². The average molecular weight is 352 g/mol. The summed E-state index contributed by atoms with van der Waals surface area (Å²) in [6, 6.07) is 2.74. The molecule has 130 valence electrons. The Balaban J connectivity index is 2.42. The summed E-state index contributed by atoms with van der Waals surface area (Å²) in [4.78, 5) is 2.76. The molecule has 0 aliphatic carbocycles. The van der Waals surface area contributed by atoms with Gasteiger partial charge in [0, 0.05) is 22.5 Å². The van der Waals surface area contributed by atoms with Crippen molar-refractivity contribution >= 4 is 17.1 Å². The Bertz CT molecular complexity index is 726. The minimum atomic E-state index is -1.45. The molecular formula is C16H21FN4O2S. The molecule has 24 heavy (non-hydrogen) atoms.